The molecule has 4 heteroatoms. The van der Waals surface area contributed by atoms with Crippen LogP contribution >= 0.6 is 11.8 Å². The van der Waals surface area contributed by atoms with E-state index in [1.165, 1.54) is 5.56 Å². The van der Waals surface area contributed by atoms with Gasteiger partial charge in [0.2, 0.25) is 0 Å². The first-order chi connectivity index (χ1) is 8.96. The molecule has 3 nitrogen and oxygen atoms in total. The van der Waals surface area contributed by atoms with Crippen LogP contribution in [0.3, 0.4) is 0 Å². The largest absolute Gasteiger partial charge is 0.444 e. The van der Waals surface area contributed by atoms with E-state index in [0.717, 1.165) is 18.8 Å². The predicted molar refractivity (Wildman–Crippen MR) is 79.4 cm³/mol. The Kier molecular flexibility index (Phi) is 4.40. The molecule has 0 aliphatic carbocycles. The third-order valence-corrected chi connectivity index (χ3v) is 4.13. The summed E-state index contributed by atoms with van der Waals surface area (Å²) >= 11 is 1.91. The van der Waals surface area contributed by atoms with Crippen LogP contribution in [0.5, 0.6) is 0 Å². The summed E-state index contributed by atoms with van der Waals surface area (Å²) < 4.78 is 5.44. The Morgan fingerprint density at radius 2 is 2.00 bits per heavy atom. The van der Waals surface area contributed by atoms with Crippen molar-refractivity contribution in [3.05, 3.63) is 35.9 Å². The zero-order valence-electron chi connectivity index (χ0n) is 11.8. The molecule has 1 aromatic rings. The van der Waals surface area contributed by atoms with Crippen molar-refractivity contribution in [2.75, 3.05) is 18.8 Å². The summed E-state index contributed by atoms with van der Waals surface area (Å²) in [6.07, 6.45) is -0.200. The van der Waals surface area contributed by atoms with Gasteiger partial charge in [-0.3, -0.25) is 0 Å². The van der Waals surface area contributed by atoms with E-state index < -0.39 is 5.60 Å². The molecular formula is C15H21NO2S. The Hall–Kier alpha value is -1.16. The summed E-state index contributed by atoms with van der Waals surface area (Å²) in [5.74, 6) is 0.957. The lowest BCUT2D eigenvalue weighted by atomic mass is 10.1. The number of thioether (sulfide) groups is 1. The van der Waals surface area contributed by atoms with Gasteiger partial charge in [0.1, 0.15) is 5.60 Å². The molecule has 1 saturated heterocycles. The van der Waals surface area contributed by atoms with E-state index in [-0.39, 0.29) is 6.09 Å². The molecule has 1 atom stereocenters. The van der Waals surface area contributed by atoms with E-state index in [1.54, 1.807) is 0 Å². The number of amides is 1. The minimum absolute atomic E-state index is 0.200. The molecule has 1 aliphatic heterocycles. The molecule has 1 fully saturated rings. The van der Waals surface area contributed by atoms with Crippen LogP contribution in [0.25, 0.3) is 0 Å². The average molecular weight is 279 g/mol. The van der Waals surface area contributed by atoms with Crippen LogP contribution < -0.4 is 0 Å². The highest BCUT2D eigenvalue weighted by Gasteiger charge is 2.28. The van der Waals surface area contributed by atoms with Crippen molar-refractivity contribution < 1.29 is 9.53 Å². The second-order valence-electron chi connectivity index (χ2n) is 5.70. The van der Waals surface area contributed by atoms with Gasteiger partial charge < -0.3 is 9.64 Å². The van der Waals surface area contributed by atoms with E-state index in [2.05, 4.69) is 12.1 Å². The van der Waals surface area contributed by atoms with E-state index in [4.69, 9.17) is 4.74 Å². The number of rotatable bonds is 1. The third-order valence-electron chi connectivity index (χ3n) is 2.89. The molecule has 2 rings (SSSR count). The first-order valence-electron chi connectivity index (χ1n) is 6.60. The van der Waals surface area contributed by atoms with Crippen molar-refractivity contribution in [1.29, 1.82) is 0 Å². The van der Waals surface area contributed by atoms with Crippen LogP contribution in [0.1, 0.15) is 31.6 Å². The normalized spacial score (nSPS) is 20.2. The fourth-order valence-electron chi connectivity index (χ4n) is 2.01. The molecule has 0 saturated carbocycles. The van der Waals surface area contributed by atoms with Crippen LogP contribution in [-0.2, 0) is 4.74 Å². The minimum atomic E-state index is -0.427. The molecule has 0 bridgehead atoms. The first-order valence-corrected chi connectivity index (χ1v) is 7.65. The Labute approximate surface area is 119 Å². The van der Waals surface area contributed by atoms with Crippen LogP contribution in [0.15, 0.2) is 30.3 Å². The first kappa shape index (κ1) is 14.3. The van der Waals surface area contributed by atoms with Gasteiger partial charge in [0, 0.05) is 24.1 Å². The van der Waals surface area contributed by atoms with Gasteiger partial charge in [0.05, 0.1) is 0 Å². The summed E-state index contributed by atoms with van der Waals surface area (Å²) in [5.41, 5.74) is 0.852. The smallest absolute Gasteiger partial charge is 0.410 e. The van der Waals surface area contributed by atoms with Crippen LogP contribution in [0.2, 0.25) is 0 Å². The fraction of sp³-hybridized carbons (Fsp3) is 0.533. The van der Waals surface area contributed by atoms with E-state index in [9.17, 15) is 4.79 Å². The number of nitrogens with zero attached hydrogens (tertiary/aromatic N) is 1. The highest BCUT2D eigenvalue weighted by Crippen LogP contribution is 2.33. The van der Waals surface area contributed by atoms with Crippen molar-refractivity contribution in [2.45, 2.75) is 31.6 Å². The summed E-state index contributed by atoms with van der Waals surface area (Å²) in [5, 5.41) is 0.350. The van der Waals surface area contributed by atoms with Gasteiger partial charge >= 0.3 is 6.09 Å². The molecule has 0 N–H and O–H groups in total. The molecule has 19 heavy (non-hydrogen) atoms. The van der Waals surface area contributed by atoms with Crippen LogP contribution in [0.4, 0.5) is 4.79 Å². The molecule has 0 radical (unpaired) electrons. The Morgan fingerprint density at radius 1 is 1.32 bits per heavy atom. The monoisotopic (exact) mass is 279 g/mol. The number of ether oxygens (including phenoxy) is 1. The number of hydrogen-bond donors (Lipinski definition) is 0. The maximum Gasteiger partial charge on any atom is 0.410 e. The van der Waals surface area contributed by atoms with Crippen molar-refractivity contribution in [1.82, 2.24) is 4.90 Å². The predicted octanol–water partition coefficient (Wildman–Crippen LogP) is 3.71. The zero-order chi connectivity index (χ0) is 13.9. The van der Waals surface area contributed by atoms with Crippen LogP contribution in [-0.4, -0.2) is 35.4 Å². The SMILES string of the molecule is CC(C)(C)OC(=O)N1CCSC(c2ccccc2)C1. The molecule has 1 aromatic carbocycles. The van der Waals surface area contributed by atoms with Gasteiger partial charge in [0.15, 0.2) is 0 Å². The van der Waals surface area contributed by atoms with E-state index in [1.807, 2.05) is 55.6 Å². The Balaban J connectivity index is 2.00. The Morgan fingerprint density at radius 3 is 2.63 bits per heavy atom. The second-order valence-corrected chi connectivity index (χ2v) is 7.01. The summed E-state index contributed by atoms with van der Waals surface area (Å²) in [7, 11) is 0. The molecule has 1 heterocycles. The lowest BCUT2D eigenvalue weighted by Crippen LogP contribution is -2.42. The summed E-state index contributed by atoms with van der Waals surface area (Å²) in [6, 6.07) is 10.3. The number of carbonyl (C=O) groups excluding carboxylic acids is 1. The van der Waals surface area contributed by atoms with Gasteiger partial charge in [0.25, 0.3) is 0 Å². The average Bonchev–Trinajstić information content (AvgIpc) is 2.38. The van der Waals surface area contributed by atoms with Gasteiger partial charge in [-0.2, -0.15) is 11.8 Å². The van der Waals surface area contributed by atoms with Gasteiger partial charge in [-0.25, -0.2) is 4.79 Å². The molecule has 0 spiro atoms. The van der Waals surface area contributed by atoms with Crippen molar-refractivity contribution in [3.8, 4) is 0 Å². The van der Waals surface area contributed by atoms with Crippen molar-refractivity contribution >= 4 is 17.9 Å². The second kappa shape index (κ2) is 5.87. The van der Waals surface area contributed by atoms with Crippen molar-refractivity contribution in [3.63, 3.8) is 0 Å². The lowest BCUT2D eigenvalue weighted by Gasteiger charge is -2.34. The topological polar surface area (TPSA) is 29.5 Å². The molecule has 1 unspecified atom stereocenters. The molecule has 1 aliphatic rings. The third kappa shape index (κ3) is 4.16. The fourth-order valence-corrected chi connectivity index (χ4v) is 3.26. The number of hydrogen-bond acceptors (Lipinski definition) is 3. The quantitative estimate of drug-likeness (QED) is 0.785. The van der Waals surface area contributed by atoms with Crippen LogP contribution in [0, 0.1) is 0 Å². The summed E-state index contributed by atoms with van der Waals surface area (Å²) in [4.78, 5) is 13.9. The minimum Gasteiger partial charge on any atom is -0.444 e. The molecule has 1 amide bonds. The molecule has 0 aromatic heterocycles. The maximum atomic E-state index is 12.1. The van der Waals surface area contributed by atoms with Gasteiger partial charge in [-0.15, -0.1) is 0 Å². The summed E-state index contributed by atoms with van der Waals surface area (Å²) in [6.45, 7) is 7.20. The number of benzene rings is 1. The van der Waals surface area contributed by atoms with Gasteiger partial charge in [-0.05, 0) is 26.3 Å². The molecular weight excluding hydrogens is 258 g/mol. The maximum absolute atomic E-state index is 12.1. The van der Waals surface area contributed by atoms with E-state index in [0.29, 0.717) is 5.25 Å². The van der Waals surface area contributed by atoms with Gasteiger partial charge in [-0.1, -0.05) is 30.3 Å². The Bertz CT molecular complexity index is 428. The van der Waals surface area contributed by atoms with E-state index >= 15 is 0 Å². The zero-order valence-corrected chi connectivity index (χ0v) is 12.6. The number of carbonyl (C=O) groups is 1. The lowest BCUT2D eigenvalue weighted by molar-refractivity contribution is 0.0257. The highest BCUT2D eigenvalue weighted by atomic mass is 32.2. The highest BCUT2D eigenvalue weighted by molar-refractivity contribution is 7.99. The van der Waals surface area contributed by atoms with Crippen molar-refractivity contribution in [2.24, 2.45) is 0 Å². The standard InChI is InChI=1S/C15H21NO2S/c1-15(2,3)18-14(17)16-9-10-19-13(11-16)12-7-5-4-6-8-12/h4-8,13H,9-11H2,1-3H3. The molecule has 104 valence electrons.